The van der Waals surface area contributed by atoms with E-state index in [9.17, 15) is 14.4 Å². The SMILES string of the molecule is O=C(O)CCC[C@@H](NC(=O)[C@@H]1CCCN1)C(=O)O. The maximum absolute atomic E-state index is 11.7. The number of aliphatic carboxylic acids is 2. The van der Waals surface area contributed by atoms with Crippen LogP contribution in [0.25, 0.3) is 0 Å². The van der Waals surface area contributed by atoms with E-state index in [-0.39, 0.29) is 31.2 Å². The van der Waals surface area contributed by atoms with Crippen LogP contribution >= 0.6 is 0 Å². The number of carboxylic acid groups (broad SMARTS) is 2. The molecule has 7 nitrogen and oxygen atoms in total. The average Bonchev–Trinajstić information content (AvgIpc) is 2.80. The van der Waals surface area contributed by atoms with E-state index in [1.807, 2.05) is 0 Å². The molecule has 2 atom stereocenters. The molecular formula is C11H18N2O5. The molecule has 102 valence electrons. The minimum atomic E-state index is -1.13. The average molecular weight is 258 g/mol. The summed E-state index contributed by atoms with van der Waals surface area (Å²) in [6.45, 7) is 0.759. The highest BCUT2D eigenvalue weighted by Gasteiger charge is 2.26. The highest BCUT2D eigenvalue weighted by atomic mass is 16.4. The van der Waals surface area contributed by atoms with E-state index < -0.39 is 18.0 Å². The molecule has 0 radical (unpaired) electrons. The number of carboxylic acids is 2. The largest absolute Gasteiger partial charge is 0.481 e. The molecule has 0 aromatic heterocycles. The third-order valence-electron chi connectivity index (χ3n) is 2.87. The molecule has 1 aliphatic heterocycles. The van der Waals surface area contributed by atoms with Gasteiger partial charge in [-0.3, -0.25) is 9.59 Å². The number of carbonyl (C=O) groups is 3. The Balaban J connectivity index is 2.39. The van der Waals surface area contributed by atoms with Gasteiger partial charge in [-0.05, 0) is 32.2 Å². The molecule has 0 aromatic rings. The summed E-state index contributed by atoms with van der Waals surface area (Å²) in [5, 5.41) is 22.8. The molecule has 4 N–H and O–H groups in total. The number of rotatable bonds is 7. The van der Waals surface area contributed by atoms with E-state index in [1.54, 1.807) is 0 Å². The first-order chi connectivity index (χ1) is 8.50. The van der Waals surface area contributed by atoms with Crippen molar-refractivity contribution < 1.29 is 24.6 Å². The summed E-state index contributed by atoms with van der Waals surface area (Å²) in [6, 6.07) is -1.34. The van der Waals surface area contributed by atoms with Crippen LogP contribution in [-0.2, 0) is 14.4 Å². The third kappa shape index (κ3) is 4.70. The lowest BCUT2D eigenvalue weighted by atomic mass is 10.1. The molecule has 1 heterocycles. The first kappa shape index (κ1) is 14.4. The first-order valence-electron chi connectivity index (χ1n) is 5.99. The number of nitrogens with one attached hydrogen (secondary N) is 2. The molecule has 0 aromatic carbocycles. The van der Waals surface area contributed by atoms with Crippen molar-refractivity contribution in [3.05, 3.63) is 0 Å². The number of hydrogen-bond acceptors (Lipinski definition) is 4. The van der Waals surface area contributed by atoms with Gasteiger partial charge in [0.1, 0.15) is 6.04 Å². The summed E-state index contributed by atoms with van der Waals surface area (Å²) in [6.07, 6.45) is 1.86. The van der Waals surface area contributed by atoms with Crippen molar-refractivity contribution in [2.45, 2.75) is 44.2 Å². The molecular weight excluding hydrogens is 240 g/mol. The molecule has 0 unspecified atom stereocenters. The zero-order valence-corrected chi connectivity index (χ0v) is 10.0. The lowest BCUT2D eigenvalue weighted by molar-refractivity contribution is -0.143. The summed E-state index contributed by atoms with van der Waals surface area (Å²) in [5.74, 6) is -2.43. The molecule has 0 bridgehead atoms. The minimum Gasteiger partial charge on any atom is -0.481 e. The van der Waals surface area contributed by atoms with Gasteiger partial charge in [-0.15, -0.1) is 0 Å². The number of hydrogen-bond donors (Lipinski definition) is 4. The maximum Gasteiger partial charge on any atom is 0.326 e. The van der Waals surface area contributed by atoms with E-state index in [0.717, 1.165) is 13.0 Å². The fourth-order valence-corrected chi connectivity index (χ4v) is 1.90. The van der Waals surface area contributed by atoms with E-state index in [4.69, 9.17) is 10.2 Å². The van der Waals surface area contributed by atoms with Gasteiger partial charge < -0.3 is 20.8 Å². The summed E-state index contributed by atoms with van der Waals surface area (Å²) in [5.41, 5.74) is 0. The molecule has 1 saturated heterocycles. The Morgan fingerprint density at radius 3 is 2.56 bits per heavy atom. The van der Waals surface area contributed by atoms with Crippen molar-refractivity contribution in [2.75, 3.05) is 6.54 Å². The van der Waals surface area contributed by atoms with Crippen LogP contribution in [0.4, 0.5) is 0 Å². The quantitative estimate of drug-likeness (QED) is 0.492. The second-order valence-electron chi connectivity index (χ2n) is 4.33. The summed E-state index contributed by atoms with van der Waals surface area (Å²) < 4.78 is 0. The van der Waals surface area contributed by atoms with E-state index in [2.05, 4.69) is 10.6 Å². The van der Waals surface area contributed by atoms with Crippen LogP contribution in [0.5, 0.6) is 0 Å². The van der Waals surface area contributed by atoms with Gasteiger partial charge in [0.05, 0.1) is 6.04 Å². The summed E-state index contributed by atoms with van der Waals surface area (Å²) in [7, 11) is 0. The van der Waals surface area contributed by atoms with Crippen LogP contribution in [0, 0.1) is 0 Å². The molecule has 0 spiro atoms. The van der Waals surface area contributed by atoms with E-state index in [1.165, 1.54) is 0 Å². The Bertz CT molecular complexity index is 325. The number of amides is 1. The van der Waals surface area contributed by atoms with Gasteiger partial charge in [0.2, 0.25) is 5.91 Å². The molecule has 1 fully saturated rings. The smallest absolute Gasteiger partial charge is 0.326 e. The van der Waals surface area contributed by atoms with Crippen LogP contribution in [0.15, 0.2) is 0 Å². The van der Waals surface area contributed by atoms with Gasteiger partial charge in [-0.2, -0.15) is 0 Å². The predicted octanol–water partition coefficient (Wildman–Crippen LogP) is -0.437. The minimum absolute atomic E-state index is 0.0959. The summed E-state index contributed by atoms with van der Waals surface area (Å²) >= 11 is 0. The highest BCUT2D eigenvalue weighted by Crippen LogP contribution is 2.07. The van der Waals surface area contributed by atoms with E-state index in [0.29, 0.717) is 6.42 Å². The Labute approximate surface area is 105 Å². The monoisotopic (exact) mass is 258 g/mol. The second-order valence-corrected chi connectivity index (χ2v) is 4.33. The van der Waals surface area contributed by atoms with Crippen molar-refractivity contribution in [3.63, 3.8) is 0 Å². The lowest BCUT2D eigenvalue weighted by Gasteiger charge is -2.17. The fraction of sp³-hybridized carbons (Fsp3) is 0.727. The predicted molar refractivity (Wildman–Crippen MR) is 62.1 cm³/mol. The standard InChI is InChI=1S/C11H18N2O5/c14-9(15)5-1-3-8(11(17)18)13-10(16)7-4-2-6-12-7/h7-8,12H,1-6H2,(H,13,16)(H,14,15)(H,17,18)/t7-,8+/m0/s1. The second kappa shape index (κ2) is 6.95. The molecule has 7 heteroatoms. The molecule has 1 rings (SSSR count). The van der Waals surface area contributed by atoms with Crippen LogP contribution in [-0.4, -0.2) is 46.7 Å². The van der Waals surface area contributed by atoms with E-state index >= 15 is 0 Å². The third-order valence-corrected chi connectivity index (χ3v) is 2.87. The van der Waals surface area contributed by atoms with Gasteiger partial charge in [0.15, 0.2) is 0 Å². The highest BCUT2D eigenvalue weighted by molar-refractivity contribution is 5.87. The topological polar surface area (TPSA) is 116 Å². The molecule has 1 aliphatic rings. The Hall–Kier alpha value is -1.63. The summed E-state index contributed by atoms with van der Waals surface area (Å²) in [4.78, 5) is 33.0. The number of carbonyl (C=O) groups excluding carboxylic acids is 1. The fourth-order valence-electron chi connectivity index (χ4n) is 1.90. The van der Waals surface area contributed by atoms with Gasteiger partial charge in [-0.1, -0.05) is 0 Å². The van der Waals surface area contributed by atoms with Crippen LogP contribution < -0.4 is 10.6 Å². The van der Waals surface area contributed by atoms with Crippen LogP contribution in [0.2, 0.25) is 0 Å². The van der Waals surface area contributed by atoms with Gasteiger partial charge in [0.25, 0.3) is 0 Å². The zero-order valence-electron chi connectivity index (χ0n) is 10.0. The van der Waals surface area contributed by atoms with Gasteiger partial charge in [-0.25, -0.2) is 4.79 Å². The maximum atomic E-state index is 11.7. The van der Waals surface area contributed by atoms with Gasteiger partial charge in [0, 0.05) is 6.42 Å². The van der Waals surface area contributed by atoms with Crippen molar-refractivity contribution in [3.8, 4) is 0 Å². The van der Waals surface area contributed by atoms with Crippen LogP contribution in [0.3, 0.4) is 0 Å². The van der Waals surface area contributed by atoms with Crippen molar-refractivity contribution in [1.29, 1.82) is 0 Å². The molecule has 18 heavy (non-hydrogen) atoms. The van der Waals surface area contributed by atoms with Crippen molar-refractivity contribution in [2.24, 2.45) is 0 Å². The van der Waals surface area contributed by atoms with Crippen LogP contribution in [0.1, 0.15) is 32.1 Å². The zero-order chi connectivity index (χ0) is 13.5. The van der Waals surface area contributed by atoms with Gasteiger partial charge >= 0.3 is 11.9 Å². The van der Waals surface area contributed by atoms with Crippen molar-refractivity contribution >= 4 is 17.8 Å². The molecule has 1 amide bonds. The molecule has 0 aliphatic carbocycles. The Morgan fingerprint density at radius 1 is 1.33 bits per heavy atom. The lowest BCUT2D eigenvalue weighted by Crippen LogP contribution is -2.48. The normalized spacial score (nSPS) is 20.3. The Morgan fingerprint density at radius 2 is 2.06 bits per heavy atom. The Kier molecular flexibility index (Phi) is 5.57. The first-order valence-corrected chi connectivity index (χ1v) is 5.99. The van der Waals surface area contributed by atoms with Crippen molar-refractivity contribution in [1.82, 2.24) is 10.6 Å². The molecule has 0 saturated carbocycles.